The lowest BCUT2D eigenvalue weighted by molar-refractivity contribution is 0.343. The van der Waals surface area contributed by atoms with E-state index in [0.717, 1.165) is 3.97 Å². The van der Waals surface area contributed by atoms with Crippen LogP contribution >= 0.6 is 0 Å². The second-order valence-corrected chi connectivity index (χ2v) is 8.79. The normalized spacial score (nSPS) is 11.4. The molecule has 2 aromatic heterocycles. The molecule has 0 amide bonds. The lowest BCUT2D eigenvalue weighted by atomic mass is 10.1. The summed E-state index contributed by atoms with van der Waals surface area (Å²) in [5.74, 6) is 0.226. The Bertz CT molecular complexity index is 1400. The molecule has 0 saturated heterocycles. The van der Waals surface area contributed by atoms with Crippen LogP contribution in [0.2, 0.25) is 0 Å². The lowest BCUT2D eigenvalue weighted by Crippen LogP contribution is -2.13. The van der Waals surface area contributed by atoms with E-state index in [-0.39, 0.29) is 16.2 Å². The predicted octanol–water partition coefficient (Wildman–Crippen LogP) is 4.79. The summed E-state index contributed by atoms with van der Waals surface area (Å²) >= 11 is 0. The van der Waals surface area contributed by atoms with Crippen LogP contribution in [0, 0.1) is 12.7 Å². The van der Waals surface area contributed by atoms with Crippen LogP contribution < -0.4 is 9.47 Å². The summed E-state index contributed by atoms with van der Waals surface area (Å²) < 4.78 is 52.9. The molecule has 2 heterocycles. The molecule has 1 radical (unpaired) electrons. The fourth-order valence-corrected chi connectivity index (χ4v) is 4.84. The first kappa shape index (κ1) is 21.6. The smallest absolute Gasteiger partial charge is 0.268 e. The number of benzene rings is 2. The highest BCUT2D eigenvalue weighted by molar-refractivity contribution is 7.90. The zero-order valence-electron chi connectivity index (χ0n) is 17.4. The average molecular weight is 451 g/mol. The number of rotatable bonds is 6. The summed E-state index contributed by atoms with van der Waals surface area (Å²) in [6.07, 6.45) is 2.95. The number of pyridine rings is 1. The molecule has 0 aliphatic carbocycles. The maximum atomic E-state index is 14.4. The van der Waals surface area contributed by atoms with E-state index >= 15 is 0 Å². The second kappa shape index (κ2) is 8.47. The molecule has 2 aromatic carbocycles. The van der Waals surface area contributed by atoms with E-state index in [2.05, 4.69) is 11.9 Å². The quantitative estimate of drug-likeness (QED) is 0.421. The van der Waals surface area contributed by atoms with Crippen molar-refractivity contribution in [3.8, 4) is 34.0 Å². The molecular formula is C24H20FN2O4S. The molecule has 0 fully saturated rings. The Hall–Kier alpha value is -3.65. The third-order valence-corrected chi connectivity index (χ3v) is 6.62. The molecule has 0 aliphatic heterocycles. The van der Waals surface area contributed by atoms with Crippen LogP contribution in [0.5, 0.6) is 11.6 Å². The minimum Gasteiger partial charge on any atom is -0.491 e. The van der Waals surface area contributed by atoms with Gasteiger partial charge in [0.2, 0.25) is 0 Å². The van der Waals surface area contributed by atoms with Crippen LogP contribution in [0.3, 0.4) is 0 Å². The number of ether oxygens (including phenoxy) is 2. The Morgan fingerprint density at radius 2 is 1.75 bits per heavy atom. The summed E-state index contributed by atoms with van der Waals surface area (Å²) in [5.41, 5.74) is 2.10. The van der Waals surface area contributed by atoms with Crippen molar-refractivity contribution in [2.24, 2.45) is 0 Å². The second-order valence-electron chi connectivity index (χ2n) is 6.98. The van der Waals surface area contributed by atoms with Gasteiger partial charge in [-0.25, -0.2) is 21.8 Å². The van der Waals surface area contributed by atoms with Gasteiger partial charge in [0.15, 0.2) is 5.75 Å². The van der Waals surface area contributed by atoms with Crippen molar-refractivity contribution in [1.82, 2.24) is 8.96 Å². The topological polar surface area (TPSA) is 70.4 Å². The Morgan fingerprint density at radius 1 is 0.969 bits per heavy atom. The summed E-state index contributed by atoms with van der Waals surface area (Å²) in [5, 5.41) is 0. The molecule has 8 heteroatoms. The van der Waals surface area contributed by atoms with Gasteiger partial charge in [-0.15, -0.1) is 0 Å². The van der Waals surface area contributed by atoms with Crippen molar-refractivity contribution in [2.75, 3.05) is 14.2 Å². The van der Waals surface area contributed by atoms with Gasteiger partial charge in [0, 0.05) is 23.5 Å². The maximum Gasteiger partial charge on any atom is 0.268 e. The molecule has 0 aliphatic rings. The highest BCUT2D eigenvalue weighted by Gasteiger charge is 2.23. The van der Waals surface area contributed by atoms with E-state index < -0.39 is 15.8 Å². The molecule has 163 valence electrons. The van der Waals surface area contributed by atoms with E-state index in [1.165, 1.54) is 50.7 Å². The fourth-order valence-electron chi connectivity index (χ4n) is 3.40. The van der Waals surface area contributed by atoms with Gasteiger partial charge in [-0.05, 0) is 54.4 Å². The summed E-state index contributed by atoms with van der Waals surface area (Å²) in [4.78, 5) is 4.25. The number of aromatic nitrogens is 2. The Kier molecular flexibility index (Phi) is 5.71. The zero-order chi connectivity index (χ0) is 22.9. The van der Waals surface area contributed by atoms with Gasteiger partial charge in [-0.3, -0.25) is 0 Å². The van der Waals surface area contributed by atoms with Crippen LogP contribution in [0.4, 0.5) is 4.39 Å². The average Bonchev–Trinajstić information content (AvgIpc) is 3.21. The van der Waals surface area contributed by atoms with Gasteiger partial charge in [0.25, 0.3) is 15.9 Å². The highest BCUT2D eigenvalue weighted by atomic mass is 32.2. The van der Waals surface area contributed by atoms with Crippen molar-refractivity contribution < 1.29 is 22.3 Å². The molecule has 0 spiro atoms. The Labute approximate surface area is 185 Å². The van der Waals surface area contributed by atoms with E-state index in [1.807, 2.05) is 0 Å². The number of halogens is 1. The number of hydrogen-bond donors (Lipinski definition) is 0. The first-order valence-corrected chi connectivity index (χ1v) is 11.0. The van der Waals surface area contributed by atoms with E-state index in [0.29, 0.717) is 28.3 Å². The third kappa shape index (κ3) is 3.85. The van der Waals surface area contributed by atoms with Crippen LogP contribution in [-0.4, -0.2) is 31.6 Å². The fraction of sp³-hybridized carbons (Fsp3) is 0.0833. The van der Waals surface area contributed by atoms with E-state index in [4.69, 9.17) is 9.47 Å². The first-order chi connectivity index (χ1) is 15.3. The lowest BCUT2D eigenvalue weighted by Gasteiger charge is -2.13. The molecule has 32 heavy (non-hydrogen) atoms. The predicted molar refractivity (Wildman–Crippen MR) is 120 cm³/mol. The van der Waals surface area contributed by atoms with Crippen molar-refractivity contribution >= 4 is 10.0 Å². The zero-order valence-corrected chi connectivity index (χ0v) is 18.3. The van der Waals surface area contributed by atoms with Gasteiger partial charge < -0.3 is 9.47 Å². The monoisotopic (exact) mass is 451 g/mol. The SMILES string of the molecule is [CH2]c1cc(-c2ccccc2F)n(S(=O)(=O)c2cccc(-c3cnc(OC)c(OC)c3)c2)c1. The van der Waals surface area contributed by atoms with Crippen LogP contribution in [0.25, 0.3) is 22.4 Å². The van der Waals surface area contributed by atoms with Crippen molar-refractivity contribution in [2.45, 2.75) is 4.90 Å². The minimum atomic E-state index is -4.04. The molecule has 4 rings (SSSR count). The van der Waals surface area contributed by atoms with Crippen molar-refractivity contribution in [3.05, 3.63) is 91.4 Å². The molecule has 6 nitrogen and oxygen atoms in total. The van der Waals surface area contributed by atoms with Crippen molar-refractivity contribution in [3.63, 3.8) is 0 Å². The molecule has 0 saturated carbocycles. The maximum absolute atomic E-state index is 14.4. The summed E-state index contributed by atoms with van der Waals surface area (Å²) in [6.45, 7) is 3.82. The molecule has 4 aromatic rings. The van der Waals surface area contributed by atoms with Crippen LogP contribution in [0.1, 0.15) is 5.56 Å². The number of methoxy groups -OCH3 is 2. The van der Waals surface area contributed by atoms with Crippen LogP contribution in [-0.2, 0) is 10.0 Å². The number of nitrogens with zero attached hydrogens (tertiary/aromatic N) is 2. The molecule has 0 bridgehead atoms. The van der Waals surface area contributed by atoms with Gasteiger partial charge in [0.05, 0.1) is 24.8 Å². The van der Waals surface area contributed by atoms with Gasteiger partial charge in [-0.1, -0.05) is 24.3 Å². The Morgan fingerprint density at radius 3 is 2.47 bits per heavy atom. The van der Waals surface area contributed by atoms with Crippen molar-refractivity contribution in [1.29, 1.82) is 0 Å². The molecule has 0 atom stereocenters. The number of hydrogen-bond acceptors (Lipinski definition) is 5. The highest BCUT2D eigenvalue weighted by Crippen LogP contribution is 2.33. The minimum absolute atomic E-state index is 0.0398. The van der Waals surface area contributed by atoms with E-state index in [1.54, 1.807) is 36.5 Å². The van der Waals surface area contributed by atoms with Crippen LogP contribution in [0.15, 0.2) is 78.0 Å². The standard InChI is InChI=1S/C24H20FN2O4S/c1-16-11-22(20-9-4-5-10-21(20)25)27(15-16)32(28,29)19-8-6-7-17(12-19)18-13-23(30-2)24(31-3)26-14-18/h4-15H,1H2,2-3H3. The third-order valence-electron chi connectivity index (χ3n) is 4.95. The van der Waals surface area contributed by atoms with Gasteiger partial charge >= 0.3 is 0 Å². The first-order valence-electron chi connectivity index (χ1n) is 9.58. The van der Waals surface area contributed by atoms with Gasteiger partial charge in [-0.2, -0.15) is 0 Å². The molecular weight excluding hydrogens is 431 g/mol. The molecule has 0 N–H and O–H groups in total. The molecule has 0 unspecified atom stereocenters. The van der Waals surface area contributed by atoms with Gasteiger partial charge in [0.1, 0.15) is 5.82 Å². The Balaban J connectivity index is 1.82. The summed E-state index contributed by atoms with van der Waals surface area (Å²) in [7, 11) is -1.06. The largest absolute Gasteiger partial charge is 0.491 e. The summed E-state index contributed by atoms with van der Waals surface area (Å²) in [6, 6.07) is 15.7. The van der Waals surface area contributed by atoms with E-state index in [9.17, 15) is 12.8 Å².